The number of oxazole rings is 1. The van der Waals surface area contributed by atoms with Crippen molar-refractivity contribution in [2.24, 2.45) is 0 Å². The molecule has 0 radical (unpaired) electrons. The molecule has 33 heavy (non-hydrogen) atoms. The molecule has 0 spiro atoms. The van der Waals surface area contributed by atoms with E-state index in [1.807, 2.05) is 26.8 Å². The van der Waals surface area contributed by atoms with Gasteiger partial charge in [0.05, 0.1) is 24.9 Å². The molecule has 1 aliphatic heterocycles. The van der Waals surface area contributed by atoms with Gasteiger partial charge in [-0.15, -0.1) is 0 Å². The highest BCUT2D eigenvalue weighted by molar-refractivity contribution is 6.02. The van der Waals surface area contributed by atoms with Crippen molar-refractivity contribution in [2.45, 2.75) is 58.3 Å². The fourth-order valence-electron chi connectivity index (χ4n) is 4.35. The number of ether oxygens (including phenoxy) is 1. The van der Waals surface area contributed by atoms with Gasteiger partial charge in [0.1, 0.15) is 6.26 Å². The lowest BCUT2D eigenvalue weighted by atomic mass is 10.1. The van der Waals surface area contributed by atoms with Crippen molar-refractivity contribution in [3.05, 3.63) is 47.2 Å². The molecule has 1 unspecified atom stereocenters. The van der Waals surface area contributed by atoms with E-state index >= 15 is 0 Å². The monoisotopic (exact) mass is 456 g/mol. The van der Waals surface area contributed by atoms with Crippen LogP contribution in [0.25, 0.3) is 0 Å². The first-order valence-corrected chi connectivity index (χ1v) is 11.9. The first kappa shape index (κ1) is 23.9. The van der Waals surface area contributed by atoms with E-state index in [1.54, 1.807) is 0 Å². The largest absolute Gasteiger partial charge is 0.447 e. The van der Waals surface area contributed by atoms with Crippen LogP contribution < -0.4 is 5.32 Å². The van der Waals surface area contributed by atoms with Crippen LogP contribution in [0.15, 0.2) is 28.9 Å². The number of aliphatic hydroxyl groups excluding tert-OH is 1. The third-order valence-electron chi connectivity index (χ3n) is 6.14. The van der Waals surface area contributed by atoms with Gasteiger partial charge in [0.2, 0.25) is 5.89 Å². The third kappa shape index (κ3) is 6.86. The SMILES string of the molecule is CC(C)(C)OCC(O)CN1CCN(Cc2nc(C(=O)Nc3ccc4c(c3)CCC4)co2)CC1. The van der Waals surface area contributed by atoms with Crippen molar-refractivity contribution in [1.82, 2.24) is 14.8 Å². The molecule has 2 heterocycles. The number of carbonyl (C=O) groups excluding carboxylic acids is 1. The van der Waals surface area contributed by atoms with Crippen molar-refractivity contribution in [3.63, 3.8) is 0 Å². The number of carbonyl (C=O) groups is 1. The van der Waals surface area contributed by atoms with Gasteiger partial charge < -0.3 is 19.6 Å². The number of aromatic nitrogens is 1. The topological polar surface area (TPSA) is 91.1 Å². The average Bonchev–Trinajstić information content (AvgIpc) is 3.42. The number of benzene rings is 1. The van der Waals surface area contributed by atoms with Crippen molar-refractivity contribution >= 4 is 11.6 Å². The van der Waals surface area contributed by atoms with Gasteiger partial charge in [0, 0.05) is 38.4 Å². The fraction of sp³-hybridized carbons (Fsp3) is 0.600. The molecule has 1 fully saturated rings. The van der Waals surface area contributed by atoms with Gasteiger partial charge >= 0.3 is 0 Å². The molecule has 180 valence electrons. The lowest BCUT2D eigenvalue weighted by molar-refractivity contribution is -0.0588. The quantitative estimate of drug-likeness (QED) is 0.631. The second-order valence-corrected chi connectivity index (χ2v) is 10.1. The van der Waals surface area contributed by atoms with Crippen molar-refractivity contribution in [3.8, 4) is 0 Å². The number of nitrogens with zero attached hydrogens (tertiary/aromatic N) is 3. The predicted octanol–water partition coefficient (Wildman–Crippen LogP) is 2.71. The summed E-state index contributed by atoms with van der Waals surface area (Å²) >= 11 is 0. The lowest BCUT2D eigenvalue weighted by Gasteiger charge is -2.35. The molecule has 8 heteroatoms. The standard InChI is InChI=1S/C25H36N4O4/c1-25(2,3)33-16-21(30)14-28-9-11-29(12-10-28)15-23-27-22(17-32-23)24(31)26-20-8-7-18-5-4-6-19(18)13-20/h7-8,13,17,21,30H,4-6,9-12,14-16H2,1-3H3,(H,26,31). The minimum Gasteiger partial charge on any atom is -0.447 e. The molecule has 2 aromatic rings. The molecule has 1 aromatic heterocycles. The van der Waals surface area contributed by atoms with Crippen LogP contribution in [-0.4, -0.2) is 76.8 Å². The van der Waals surface area contributed by atoms with Gasteiger partial charge in [-0.05, 0) is 63.3 Å². The number of rotatable bonds is 8. The Kier molecular flexibility index (Phi) is 7.48. The zero-order valence-electron chi connectivity index (χ0n) is 20.0. The molecular formula is C25H36N4O4. The summed E-state index contributed by atoms with van der Waals surface area (Å²) < 4.78 is 11.2. The van der Waals surface area contributed by atoms with Crippen LogP contribution in [0, 0.1) is 0 Å². The number of anilines is 1. The summed E-state index contributed by atoms with van der Waals surface area (Å²) in [6.07, 6.45) is 4.31. The summed E-state index contributed by atoms with van der Waals surface area (Å²) in [5.74, 6) is 0.292. The Balaban J connectivity index is 1.21. The highest BCUT2D eigenvalue weighted by Crippen LogP contribution is 2.25. The van der Waals surface area contributed by atoms with Crippen LogP contribution in [0.3, 0.4) is 0 Å². The van der Waals surface area contributed by atoms with E-state index in [0.717, 1.165) is 44.7 Å². The molecular weight excluding hydrogens is 420 g/mol. The second kappa shape index (κ2) is 10.3. The minimum absolute atomic E-state index is 0.243. The average molecular weight is 457 g/mol. The number of fused-ring (bicyclic) bond motifs is 1. The summed E-state index contributed by atoms with van der Waals surface area (Å²) in [4.78, 5) is 21.5. The van der Waals surface area contributed by atoms with Crippen LogP contribution in [0.1, 0.15) is 54.7 Å². The van der Waals surface area contributed by atoms with Crippen molar-refractivity contribution < 1.29 is 19.1 Å². The van der Waals surface area contributed by atoms with E-state index in [2.05, 4.69) is 32.2 Å². The molecule has 8 nitrogen and oxygen atoms in total. The van der Waals surface area contributed by atoms with Gasteiger partial charge in [-0.3, -0.25) is 14.6 Å². The fourth-order valence-corrected chi connectivity index (χ4v) is 4.35. The first-order chi connectivity index (χ1) is 15.7. The van der Waals surface area contributed by atoms with E-state index in [4.69, 9.17) is 9.15 Å². The summed E-state index contributed by atoms with van der Waals surface area (Å²) in [5, 5.41) is 13.2. The molecule has 4 rings (SSSR count). The summed E-state index contributed by atoms with van der Waals surface area (Å²) in [5.41, 5.74) is 3.56. The minimum atomic E-state index is -0.491. The Hall–Kier alpha value is -2.26. The Labute approximate surface area is 195 Å². The van der Waals surface area contributed by atoms with Crippen LogP contribution in [0.5, 0.6) is 0 Å². The zero-order chi connectivity index (χ0) is 23.4. The summed E-state index contributed by atoms with van der Waals surface area (Å²) in [7, 11) is 0. The number of aryl methyl sites for hydroxylation is 2. The van der Waals surface area contributed by atoms with E-state index in [9.17, 15) is 9.90 Å². The Morgan fingerprint density at radius 2 is 1.91 bits per heavy atom. The molecule has 1 saturated heterocycles. The first-order valence-electron chi connectivity index (χ1n) is 11.9. The number of amides is 1. The van der Waals surface area contributed by atoms with Crippen LogP contribution in [0.4, 0.5) is 5.69 Å². The van der Waals surface area contributed by atoms with E-state index < -0.39 is 6.10 Å². The molecule has 1 aliphatic carbocycles. The molecule has 1 amide bonds. The smallest absolute Gasteiger partial charge is 0.277 e. The molecule has 2 N–H and O–H groups in total. The van der Waals surface area contributed by atoms with E-state index in [-0.39, 0.29) is 11.5 Å². The number of hydrogen-bond donors (Lipinski definition) is 2. The molecule has 0 bridgehead atoms. The second-order valence-electron chi connectivity index (χ2n) is 10.1. The third-order valence-corrected chi connectivity index (χ3v) is 6.14. The van der Waals surface area contributed by atoms with Crippen molar-refractivity contribution in [2.75, 3.05) is 44.6 Å². The molecule has 2 aliphatic rings. The predicted molar refractivity (Wildman–Crippen MR) is 126 cm³/mol. The van der Waals surface area contributed by atoms with Crippen LogP contribution >= 0.6 is 0 Å². The van der Waals surface area contributed by atoms with E-state index in [1.165, 1.54) is 23.8 Å². The number of hydrogen-bond acceptors (Lipinski definition) is 7. The molecule has 1 aromatic carbocycles. The Bertz CT molecular complexity index is 944. The number of β-amino-alcohol motifs (C(OH)–C–C–N with tert-alkyl or cyclic N) is 1. The van der Waals surface area contributed by atoms with Gasteiger partial charge in [0.15, 0.2) is 5.69 Å². The van der Waals surface area contributed by atoms with Crippen LogP contribution in [-0.2, 0) is 24.1 Å². The maximum Gasteiger partial charge on any atom is 0.277 e. The van der Waals surface area contributed by atoms with Gasteiger partial charge in [-0.2, -0.15) is 0 Å². The van der Waals surface area contributed by atoms with E-state index in [0.29, 0.717) is 31.3 Å². The highest BCUT2D eigenvalue weighted by atomic mass is 16.5. The number of aliphatic hydroxyl groups is 1. The molecule has 1 atom stereocenters. The highest BCUT2D eigenvalue weighted by Gasteiger charge is 2.22. The maximum atomic E-state index is 12.6. The van der Waals surface area contributed by atoms with Crippen LogP contribution in [0.2, 0.25) is 0 Å². The van der Waals surface area contributed by atoms with Gasteiger partial charge in [0.25, 0.3) is 5.91 Å². The van der Waals surface area contributed by atoms with Crippen molar-refractivity contribution in [1.29, 1.82) is 0 Å². The Morgan fingerprint density at radius 3 is 2.67 bits per heavy atom. The zero-order valence-corrected chi connectivity index (χ0v) is 20.0. The Morgan fingerprint density at radius 1 is 1.18 bits per heavy atom. The normalized spacial score (nSPS) is 18.3. The van der Waals surface area contributed by atoms with Gasteiger partial charge in [-0.25, -0.2) is 4.98 Å². The lowest BCUT2D eigenvalue weighted by Crippen LogP contribution is -2.49. The van der Waals surface area contributed by atoms with Gasteiger partial charge in [-0.1, -0.05) is 6.07 Å². The summed E-state index contributed by atoms with van der Waals surface area (Å²) in [6.45, 7) is 10.9. The number of piperazine rings is 1. The molecule has 0 saturated carbocycles. The number of nitrogens with one attached hydrogen (secondary N) is 1. The maximum absolute atomic E-state index is 12.6. The summed E-state index contributed by atoms with van der Waals surface area (Å²) in [6, 6.07) is 6.12.